The van der Waals surface area contributed by atoms with Gasteiger partial charge in [0.1, 0.15) is 0 Å². The number of carbonyl (C=O) groups is 2. The van der Waals surface area contributed by atoms with Gasteiger partial charge in [0.2, 0.25) is 5.91 Å². The van der Waals surface area contributed by atoms with Gasteiger partial charge in [-0.3, -0.25) is 14.4 Å². The summed E-state index contributed by atoms with van der Waals surface area (Å²) in [7, 11) is 0. The van der Waals surface area contributed by atoms with Crippen molar-refractivity contribution < 1.29 is 14.4 Å². The highest BCUT2D eigenvalue weighted by Gasteiger charge is 2.14. The molecule has 1 rings (SSSR count). The molecule has 8 heteroatoms. The number of hydrogen-bond donors (Lipinski definition) is 2. The van der Waals surface area contributed by atoms with Gasteiger partial charge in [-0.2, -0.15) is 0 Å². The Morgan fingerprint density at radius 2 is 2.06 bits per heavy atom. The monoisotopic (exact) mass is 388 g/mol. The van der Waals surface area contributed by atoms with Crippen LogP contribution >= 0.6 is 45.8 Å². The normalized spacial score (nSPS) is 10.1. The Kier molecular flexibility index (Phi) is 5.44. The summed E-state index contributed by atoms with van der Waals surface area (Å²) >= 11 is 13.5. The summed E-state index contributed by atoms with van der Waals surface area (Å²) in [5.41, 5.74) is 7.16. The Bertz CT molecular complexity index is 468. The predicted molar refractivity (Wildman–Crippen MR) is 71.8 cm³/mol. The second kappa shape index (κ2) is 6.39. The third kappa shape index (κ3) is 4.30. The maximum Gasteiger partial charge on any atom is 0.276 e. The molecule has 17 heavy (non-hydrogen) atoms. The van der Waals surface area contributed by atoms with Crippen molar-refractivity contribution in [1.29, 1.82) is 0 Å². The molecule has 0 fully saturated rings. The summed E-state index contributed by atoms with van der Waals surface area (Å²) < 4.78 is 0.536. The minimum Gasteiger partial charge on any atom is -0.368 e. The van der Waals surface area contributed by atoms with Crippen LogP contribution in [0.4, 0.5) is 0 Å². The van der Waals surface area contributed by atoms with Gasteiger partial charge in [0.15, 0.2) is 6.61 Å². The molecule has 0 radical (unpaired) electrons. The van der Waals surface area contributed by atoms with Crippen LogP contribution in [0.3, 0.4) is 0 Å². The standard InChI is InChI=1S/C9H7Cl2IN2O3/c10-4-1-5(8(12)6(11)2-4)9(16)14-17-3-7(13)15/h1-2H,3H2,(H2,13,15)(H,14,16). The number of rotatable bonds is 4. The van der Waals surface area contributed by atoms with E-state index in [0.29, 0.717) is 13.6 Å². The third-order valence-corrected chi connectivity index (χ3v) is 3.61. The molecule has 0 spiro atoms. The van der Waals surface area contributed by atoms with Gasteiger partial charge in [-0.05, 0) is 34.7 Å². The van der Waals surface area contributed by atoms with E-state index in [1.165, 1.54) is 12.1 Å². The quantitative estimate of drug-likeness (QED) is 0.468. The molecule has 92 valence electrons. The molecule has 0 aliphatic carbocycles. The van der Waals surface area contributed by atoms with Gasteiger partial charge in [0.05, 0.1) is 10.6 Å². The first-order valence-corrected chi connectivity index (χ1v) is 6.10. The Labute approximate surface area is 121 Å². The number of primary amides is 1. The van der Waals surface area contributed by atoms with Crippen LogP contribution in [-0.2, 0) is 9.63 Å². The highest BCUT2D eigenvalue weighted by Crippen LogP contribution is 2.26. The largest absolute Gasteiger partial charge is 0.368 e. The van der Waals surface area contributed by atoms with E-state index in [2.05, 4.69) is 10.3 Å². The number of carbonyl (C=O) groups excluding carboxylic acids is 2. The minimum atomic E-state index is -0.691. The number of amides is 2. The third-order valence-electron chi connectivity index (χ3n) is 1.62. The molecular weight excluding hydrogens is 382 g/mol. The average Bonchev–Trinajstić information content (AvgIpc) is 2.22. The van der Waals surface area contributed by atoms with E-state index < -0.39 is 18.4 Å². The highest BCUT2D eigenvalue weighted by molar-refractivity contribution is 14.1. The number of benzene rings is 1. The molecule has 5 nitrogen and oxygen atoms in total. The van der Waals surface area contributed by atoms with Crippen molar-refractivity contribution in [2.75, 3.05) is 6.61 Å². The van der Waals surface area contributed by atoms with Crippen molar-refractivity contribution in [3.8, 4) is 0 Å². The first-order valence-electron chi connectivity index (χ1n) is 4.26. The smallest absolute Gasteiger partial charge is 0.276 e. The molecule has 0 atom stereocenters. The van der Waals surface area contributed by atoms with E-state index in [1.807, 2.05) is 22.6 Å². The molecule has 1 aromatic carbocycles. The fourth-order valence-corrected chi connectivity index (χ4v) is 2.00. The number of nitrogens with one attached hydrogen (secondary N) is 1. The topological polar surface area (TPSA) is 81.4 Å². The van der Waals surface area contributed by atoms with Crippen LogP contribution in [0, 0.1) is 3.57 Å². The van der Waals surface area contributed by atoms with E-state index in [-0.39, 0.29) is 5.56 Å². The summed E-state index contributed by atoms with van der Waals surface area (Å²) in [6.45, 7) is -0.406. The molecule has 0 saturated carbocycles. The van der Waals surface area contributed by atoms with Crippen molar-refractivity contribution in [2.45, 2.75) is 0 Å². The Morgan fingerprint density at radius 3 is 2.65 bits per heavy atom. The summed E-state index contributed by atoms with van der Waals surface area (Å²) in [6, 6.07) is 2.96. The van der Waals surface area contributed by atoms with Crippen molar-refractivity contribution in [1.82, 2.24) is 5.48 Å². The summed E-state index contributed by atoms with van der Waals surface area (Å²) in [6.07, 6.45) is 0. The van der Waals surface area contributed by atoms with Crippen molar-refractivity contribution >= 4 is 57.6 Å². The molecule has 1 aromatic rings. The zero-order valence-electron chi connectivity index (χ0n) is 8.30. The van der Waals surface area contributed by atoms with Crippen molar-refractivity contribution in [3.05, 3.63) is 31.3 Å². The van der Waals surface area contributed by atoms with E-state index >= 15 is 0 Å². The average molecular weight is 389 g/mol. The molecule has 0 heterocycles. The lowest BCUT2D eigenvalue weighted by Gasteiger charge is -2.07. The molecule has 3 N–H and O–H groups in total. The van der Waals surface area contributed by atoms with E-state index in [0.717, 1.165) is 0 Å². The zero-order chi connectivity index (χ0) is 13.0. The summed E-state index contributed by atoms with van der Waals surface area (Å²) in [5.74, 6) is -1.25. The van der Waals surface area contributed by atoms with Crippen LogP contribution in [0.5, 0.6) is 0 Å². The van der Waals surface area contributed by atoms with Gasteiger partial charge in [-0.1, -0.05) is 23.2 Å². The number of hydroxylamine groups is 1. The van der Waals surface area contributed by atoms with Gasteiger partial charge >= 0.3 is 0 Å². The number of nitrogens with two attached hydrogens (primary N) is 1. The van der Waals surface area contributed by atoms with Crippen LogP contribution in [0.1, 0.15) is 10.4 Å². The second-order valence-electron chi connectivity index (χ2n) is 2.94. The van der Waals surface area contributed by atoms with Crippen molar-refractivity contribution in [2.24, 2.45) is 5.73 Å². The summed E-state index contributed by atoms with van der Waals surface area (Å²) in [5, 5.41) is 0.689. The molecular formula is C9H7Cl2IN2O3. The van der Waals surface area contributed by atoms with Gasteiger partial charge in [0, 0.05) is 8.59 Å². The lowest BCUT2D eigenvalue weighted by Crippen LogP contribution is -2.29. The molecule has 0 aromatic heterocycles. The Hall–Kier alpha value is -0.570. The molecule has 0 unspecified atom stereocenters. The molecule has 2 amide bonds. The summed E-state index contributed by atoms with van der Waals surface area (Å²) in [4.78, 5) is 26.6. The Morgan fingerprint density at radius 1 is 1.41 bits per heavy atom. The number of hydrogen-bond acceptors (Lipinski definition) is 3. The fraction of sp³-hybridized carbons (Fsp3) is 0.111. The lowest BCUT2D eigenvalue weighted by atomic mass is 10.2. The SMILES string of the molecule is NC(=O)CONC(=O)c1cc(Cl)cc(Cl)c1I. The number of halogens is 3. The van der Waals surface area contributed by atoms with Gasteiger partial charge in [-0.15, -0.1) is 0 Å². The maximum atomic E-state index is 11.6. The second-order valence-corrected chi connectivity index (χ2v) is 4.86. The van der Waals surface area contributed by atoms with Crippen LogP contribution < -0.4 is 11.2 Å². The zero-order valence-corrected chi connectivity index (χ0v) is 12.0. The first kappa shape index (κ1) is 14.5. The molecule has 0 saturated heterocycles. The Balaban J connectivity index is 2.78. The van der Waals surface area contributed by atoms with Crippen LogP contribution in [0.25, 0.3) is 0 Å². The molecule has 0 aliphatic rings. The highest BCUT2D eigenvalue weighted by atomic mass is 127. The lowest BCUT2D eigenvalue weighted by molar-refractivity contribution is -0.124. The van der Waals surface area contributed by atoms with Crippen LogP contribution in [0.2, 0.25) is 10.0 Å². The first-order chi connectivity index (χ1) is 7.91. The predicted octanol–water partition coefficient (Wildman–Crippen LogP) is 1.74. The van der Waals surface area contributed by atoms with E-state index in [1.54, 1.807) is 0 Å². The molecule has 0 aliphatic heterocycles. The minimum absolute atomic E-state index is 0.257. The maximum absolute atomic E-state index is 11.6. The van der Waals surface area contributed by atoms with Crippen LogP contribution in [0.15, 0.2) is 12.1 Å². The molecule has 0 bridgehead atoms. The van der Waals surface area contributed by atoms with Crippen LogP contribution in [-0.4, -0.2) is 18.4 Å². The van der Waals surface area contributed by atoms with Crippen molar-refractivity contribution in [3.63, 3.8) is 0 Å². The van der Waals surface area contributed by atoms with Gasteiger partial charge in [-0.25, -0.2) is 5.48 Å². The van der Waals surface area contributed by atoms with E-state index in [4.69, 9.17) is 28.9 Å². The van der Waals surface area contributed by atoms with E-state index in [9.17, 15) is 9.59 Å². The van der Waals surface area contributed by atoms with Gasteiger partial charge < -0.3 is 5.73 Å². The van der Waals surface area contributed by atoms with Gasteiger partial charge in [0.25, 0.3) is 5.91 Å². The fourth-order valence-electron chi connectivity index (χ4n) is 0.949.